The number of rotatable bonds is 6. The van der Waals surface area contributed by atoms with E-state index in [-0.39, 0.29) is 0 Å². The first kappa shape index (κ1) is 10.7. The Morgan fingerprint density at radius 2 is 2.36 bits per heavy atom. The summed E-state index contributed by atoms with van der Waals surface area (Å²) in [5, 5.41) is 7.32. The molecule has 0 saturated carbocycles. The van der Waals surface area contributed by atoms with Gasteiger partial charge in [0.1, 0.15) is 11.7 Å². The van der Waals surface area contributed by atoms with Gasteiger partial charge in [-0.3, -0.25) is 0 Å². The van der Waals surface area contributed by atoms with E-state index in [9.17, 15) is 0 Å². The Kier molecular flexibility index (Phi) is 7.66. The molecule has 0 unspecified atom stereocenters. The van der Waals surface area contributed by atoms with Crippen molar-refractivity contribution in [2.75, 3.05) is 26.2 Å². The number of oxime groups is 1. The minimum Gasteiger partial charge on any atom is -0.394 e. The summed E-state index contributed by atoms with van der Waals surface area (Å²) >= 11 is 3.93. The first-order valence-corrected chi connectivity index (χ1v) is 3.98. The molecule has 66 valence electrons. The van der Waals surface area contributed by atoms with Crippen molar-refractivity contribution in [3.63, 3.8) is 0 Å². The molecule has 0 saturated heterocycles. The second-order valence-electron chi connectivity index (χ2n) is 2.01. The molecular formula is C6H15N3OS. The number of nitrogens with zero attached hydrogens (tertiary/aromatic N) is 1. The Morgan fingerprint density at radius 3 is 2.91 bits per heavy atom. The zero-order valence-electron chi connectivity index (χ0n) is 6.71. The molecule has 5 heteroatoms. The average Bonchev–Trinajstić information content (AvgIpc) is 1.96. The fourth-order valence-electron chi connectivity index (χ4n) is 0.484. The normalized spacial score (nSPS) is 11.7. The molecule has 0 rings (SSSR count). The van der Waals surface area contributed by atoms with Crippen LogP contribution >= 0.6 is 12.6 Å². The van der Waals surface area contributed by atoms with Gasteiger partial charge in [-0.05, 0) is 6.92 Å². The summed E-state index contributed by atoms with van der Waals surface area (Å²) in [4.78, 5) is 4.85. The lowest BCUT2D eigenvalue weighted by Crippen LogP contribution is -2.25. The number of hydrogen-bond donors (Lipinski definition) is 3. The highest BCUT2D eigenvalue weighted by atomic mass is 32.1. The highest BCUT2D eigenvalue weighted by Gasteiger charge is 1.85. The first-order chi connectivity index (χ1) is 5.27. The number of nitrogens with two attached hydrogens (primary N) is 1. The molecule has 0 aromatic carbocycles. The van der Waals surface area contributed by atoms with Crippen molar-refractivity contribution in [3.8, 4) is 0 Å². The maximum atomic E-state index is 5.25. The Hall–Kier alpha value is -0.260. The summed E-state index contributed by atoms with van der Waals surface area (Å²) < 4.78 is 0. The van der Waals surface area contributed by atoms with Crippen molar-refractivity contribution in [2.45, 2.75) is 6.92 Å². The Labute approximate surface area is 72.6 Å². The quantitative estimate of drug-likeness (QED) is 0.173. The van der Waals surface area contributed by atoms with Crippen LogP contribution in [0, 0.1) is 0 Å². The van der Waals surface area contributed by atoms with Gasteiger partial charge < -0.3 is 15.9 Å². The molecule has 0 aliphatic carbocycles. The van der Waals surface area contributed by atoms with E-state index in [1.807, 2.05) is 0 Å². The van der Waals surface area contributed by atoms with Crippen LogP contribution in [0.2, 0.25) is 0 Å². The maximum Gasteiger partial charge on any atom is 0.129 e. The average molecular weight is 177 g/mol. The minimum absolute atomic E-state index is 0.553. The molecule has 0 atom stereocenters. The van der Waals surface area contributed by atoms with Crippen molar-refractivity contribution in [2.24, 2.45) is 10.9 Å². The third-order valence-electron chi connectivity index (χ3n) is 0.888. The lowest BCUT2D eigenvalue weighted by Gasteiger charge is -2.00. The number of hydrogen-bond acceptors (Lipinski definition) is 4. The molecule has 4 nitrogen and oxygen atoms in total. The zero-order chi connectivity index (χ0) is 8.53. The Balaban J connectivity index is 2.97. The predicted octanol–water partition coefficient (Wildman–Crippen LogP) is -0.186. The first-order valence-electron chi connectivity index (χ1n) is 3.53. The van der Waals surface area contributed by atoms with E-state index in [4.69, 9.17) is 10.6 Å². The van der Waals surface area contributed by atoms with Gasteiger partial charge in [-0.15, -0.1) is 12.6 Å². The van der Waals surface area contributed by atoms with Crippen LogP contribution < -0.4 is 11.1 Å². The highest BCUT2D eigenvalue weighted by Crippen LogP contribution is 1.83. The molecule has 0 aromatic heterocycles. The largest absolute Gasteiger partial charge is 0.394 e. The van der Waals surface area contributed by atoms with Crippen molar-refractivity contribution < 1.29 is 4.84 Å². The van der Waals surface area contributed by atoms with E-state index in [0.717, 1.165) is 13.1 Å². The van der Waals surface area contributed by atoms with Crippen molar-refractivity contribution in [3.05, 3.63) is 0 Å². The molecular weight excluding hydrogens is 162 g/mol. The summed E-state index contributed by atoms with van der Waals surface area (Å²) in [5.41, 5.74) is 5.25. The van der Waals surface area contributed by atoms with Gasteiger partial charge in [0.15, 0.2) is 0 Å². The van der Waals surface area contributed by atoms with Crippen LogP contribution in [0.5, 0.6) is 0 Å². The smallest absolute Gasteiger partial charge is 0.129 e. The summed E-state index contributed by atoms with van der Waals surface area (Å²) in [6.45, 7) is 4.54. The van der Waals surface area contributed by atoms with Crippen molar-refractivity contribution in [1.82, 2.24) is 5.32 Å². The van der Waals surface area contributed by atoms with Crippen LogP contribution in [-0.4, -0.2) is 31.3 Å². The second-order valence-corrected chi connectivity index (χ2v) is 2.66. The third-order valence-corrected chi connectivity index (χ3v) is 0.970. The van der Waals surface area contributed by atoms with Crippen LogP contribution in [-0.2, 0) is 4.84 Å². The molecule has 0 fully saturated rings. The van der Waals surface area contributed by atoms with Gasteiger partial charge >= 0.3 is 0 Å². The second kappa shape index (κ2) is 7.84. The maximum absolute atomic E-state index is 5.25. The molecule has 0 amide bonds. The third kappa shape index (κ3) is 9.74. The number of nitrogens with one attached hydrogen (secondary N) is 1. The monoisotopic (exact) mass is 177 g/mol. The molecule has 0 radical (unpaired) electrons. The van der Waals surface area contributed by atoms with Gasteiger partial charge in [-0.25, -0.2) is 0 Å². The SMILES string of the molecule is C/C(S)=N\OCCNCCN. The summed E-state index contributed by atoms with van der Waals surface area (Å²) in [5.74, 6) is 0. The zero-order valence-corrected chi connectivity index (χ0v) is 7.60. The lowest BCUT2D eigenvalue weighted by molar-refractivity contribution is 0.147. The van der Waals surface area contributed by atoms with Gasteiger partial charge in [-0.2, -0.15) is 0 Å². The fraction of sp³-hybridized carbons (Fsp3) is 0.833. The fourth-order valence-corrected chi connectivity index (χ4v) is 0.542. The highest BCUT2D eigenvalue weighted by molar-refractivity contribution is 7.96. The topological polar surface area (TPSA) is 59.6 Å². The van der Waals surface area contributed by atoms with E-state index in [2.05, 4.69) is 23.1 Å². The Bertz CT molecular complexity index is 114. The lowest BCUT2D eigenvalue weighted by atomic mass is 10.6. The van der Waals surface area contributed by atoms with Gasteiger partial charge in [0.2, 0.25) is 0 Å². The van der Waals surface area contributed by atoms with Crippen LogP contribution in [0.1, 0.15) is 6.92 Å². The van der Waals surface area contributed by atoms with Gasteiger partial charge in [-0.1, -0.05) is 5.16 Å². The molecule has 0 aliphatic heterocycles. The molecule has 0 bridgehead atoms. The molecule has 0 heterocycles. The van der Waals surface area contributed by atoms with Crippen molar-refractivity contribution in [1.29, 1.82) is 0 Å². The van der Waals surface area contributed by atoms with E-state index in [1.54, 1.807) is 6.92 Å². The van der Waals surface area contributed by atoms with E-state index >= 15 is 0 Å². The number of thiol groups is 1. The Morgan fingerprint density at radius 1 is 1.64 bits per heavy atom. The summed E-state index contributed by atoms with van der Waals surface area (Å²) in [6.07, 6.45) is 0. The van der Waals surface area contributed by atoms with E-state index in [1.165, 1.54) is 0 Å². The summed E-state index contributed by atoms with van der Waals surface area (Å²) in [6, 6.07) is 0. The van der Waals surface area contributed by atoms with Gasteiger partial charge in [0, 0.05) is 19.6 Å². The van der Waals surface area contributed by atoms with Crippen LogP contribution in [0.4, 0.5) is 0 Å². The van der Waals surface area contributed by atoms with Gasteiger partial charge in [0.05, 0.1) is 0 Å². The predicted molar refractivity (Wildman–Crippen MR) is 50.0 cm³/mol. The van der Waals surface area contributed by atoms with Crippen LogP contribution in [0.3, 0.4) is 0 Å². The molecule has 11 heavy (non-hydrogen) atoms. The van der Waals surface area contributed by atoms with Gasteiger partial charge in [0.25, 0.3) is 0 Å². The summed E-state index contributed by atoms with van der Waals surface area (Å²) in [7, 11) is 0. The van der Waals surface area contributed by atoms with E-state index < -0.39 is 0 Å². The molecule has 3 N–H and O–H groups in total. The molecule has 0 spiro atoms. The van der Waals surface area contributed by atoms with Crippen LogP contribution in [0.25, 0.3) is 0 Å². The molecule has 0 aliphatic rings. The minimum atomic E-state index is 0.553. The van der Waals surface area contributed by atoms with Crippen LogP contribution in [0.15, 0.2) is 5.16 Å². The van der Waals surface area contributed by atoms with E-state index in [0.29, 0.717) is 18.2 Å². The molecule has 0 aromatic rings. The van der Waals surface area contributed by atoms with Crippen molar-refractivity contribution >= 4 is 17.7 Å². The standard InChI is InChI=1S/C6H15N3OS/c1-6(11)9-10-5-4-8-3-2-7/h8H,2-5,7H2,1H3,(H,9,11).